The van der Waals surface area contributed by atoms with Crippen LogP contribution in [0.15, 0.2) is 4.52 Å². The normalized spacial score (nSPS) is 22.3. The second-order valence-electron chi connectivity index (χ2n) is 5.83. The molecule has 3 rings (SSSR count). The van der Waals surface area contributed by atoms with Crippen LogP contribution in [0.1, 0.15) is 37.4 Å². The molecule has 3 heterocycles. The maximum Gasteiger partial charge on any atom is 0.252 e. The predicted octanol–water partition coefficient (Wildman–Crippen LogP) is 0.164. The Morgan fingerprint density at radius 2 is 2.32 bits per heavy atom. The van der Waals surface area contributed by atoms with E-state index in [4.69, 9.17) is 9.26 Å². The number of hydrogen-bond donors (Lipinski definition) is 1. The highest BCUT2D eigenvalue weighted by molar-refractivity contribution is 5.81. The van der Waals surface area contributed by atoms with Crippen LogP contribution in [0.5, 0.6) is 0 Å². The lowest BCUT2D eigenvalue weighted by Gasteiger charge is -2.39. The molecule has 1 aromatic heterocycles. The molecule has 120 valence electrons. The van der Waals surface area contributed by atoms with E-state index in [1.807, 2.05) is 0 Å². The fourth-order valence-electron chi connectivity index (χ4n) is 2.71. The Hall–Kier alpha value is -1.96. The van der Waals surface area contributed by atoms with Gasteiger partial charge in [-0.25, -0.2) is 0 Å². The van der Waals surface area contributed by atoms with E-state index in [0.717, 1.165) is 12.8 Å². The zero-order valence-electron chi connectivity index (χ0n) is 12.6. The third-order valence-corrected chi connectivity index (χ3v) is 3.96. The molecule has 22 heavy (non-hydrogen) atoms. The molecule has 1 unspecified atom stereocenters. The van der Waals surface area contributed by atoms with Gasteiger partial charge in [-0.05, 0) is 19.8 Å². The topological polar surface area (TPSA) is 97.6 Å². The number of rotatable bonds is 5. The second-order valence-corrected chi connectivity index (χ2v) is 5.83. The summed E-state index contributed by atoms with van der Waals surface area (Å²) in [6.07, 6.45) is 2.69. The Bertz CT molecular complexity index is 553. The van der Waals surface area contributed by atoms with Crippen LogP contribution in [0.4, 0.5) is 0 Å². The molecule has 2 aliphatic heterocycles. The van der Waals surface area contributed by atoms with Crippen molar-refractivity contribution in [1.82, 2.24) is 20.4 Å². The summed E-state index contributed by atoms with van der Waals surface area (Å²) in [6, 6.07) is -0.0184. The molecular formula is C14H20N4O4. The minimum absolute atomic E-state index is 0.0112. The lowest BCUT2D eigenvalue weighted by Crippen LogP contribution is -2.56. The minimum atomic E-state index is -0.0184. The molecule has 2 aliphatic rings. The van der Waals surface area contributed by atoms with Gasteiger partial charge in [-0.3, -0.25) is 9.59 Å². The number of carbonyl (C=O) groups is 2. The van der Waals surface area contributed by atoms with Gasteiger partial charge in [-0.1, -0.05) is 5.16 Å². The molecular weight excluding hydrogens is 288 g/mol. The molecule has 0 aliphatic carbocycles. The first-order valence-corrected chi connectivity index (χ1v) is 7.58. The first kappa shape index (κ1) is 15.0. The van der Waals surface area contributed by atoms with Crippen molar-refractivity contribution in [2.75, 3.05) is 13.1 Å². The summed E-state index contributed by atoms with van der Waals surface area (Å²) >= 11 is 0. The summed E-state index contributed by atoms with van der Waals surface area (Å²) in [5.41, 5.74) is 0. The van der Waals surface area contributed by atoms with Crippen molar-refractivity contribution >= 4 is 11.8 Å². The Morgan fingerprint density at radius 1 is 1.50 bits per heavy atom. The lowest BCUT2D eigenvalue weighted by molar-refractivity contribution is -0.147. The van der Waals surface area contributed by atoms with E-state index in [9.17, 15) is 9.59 Å². The molecule has 8 nitrogen and oxygen atoms in total. The molecule has 2 saturated heterocycles. The summed E-state index contributed by atoms with van der Waals surface area (Å²) in [6.45, 7) is 3.17. The molecule has 2 fully saturated rings. The molecule has 0 saturated carbocycles. The Morgan fingerprint density at radius 3 is 3.00 bits per heavy atom. The number of piperidine rings is 1. The maximum atomic E-state index is 12.1. The molecule has 0 spiro atoms. The highest BCUT2D eigenvalue weighted by atomic mass is 16.5. The molecule has 1 aromatic rings. The fourth-order valence-corrected chi connectivity index (χ4v) is 2.71. The average molecular weight is 308 g/mol. The molecule has 1 N–H and O–H groups in total. The molecule has 2 amide bonds. The van der Waals surface area contributed by atoms with Crippen molar-refractivity contribution in [2.24, 2.45) is 0 Å². The van der Waals surface area contributed by atoms with Crippen molar-refractivity contribution in [1.29, 1.82) is 0 Å². The minimum Gasteiger partial charge on any atom is -0.365 e. The van der Waals surface area contributed by atoms with E-state index in [0.29, 0.717) is 37.6 Å². The van der Waals surface area contributed by atoms with Crippen LogP contribution in [0, 0.1) is 6.92 Å². The van der Waals surface area contributed by atoms with Gasteiger partial charge in [0.25, 0.3) is 5.89 Å². The van der Waals surface area contributed by atoms with Crippen molar-refractivity contribution in [3.8, 4) is 0 Å². The number of amides is 2. The highest BCUT2D eigenvalue weighted by Gasteiger charge is 2.33. The number of nitrogens with one attached hydrogen (secondary N) is 1. The van der Waals surface area contributed by atoms with Gasteiger partial charge in [-0.15, -0.1) is 0 Å². The zero-order chi connectivity index (χ0) is 15.5. The Labute approximate surface area is 128 Å². The molecule has 8 heteroatoms. The molecule has 0 bridgehead atoms. The largest absolute Gasteiger partial charge is 0.365 e. The summed E-state index contributed by atoms with van der Waals surface area (Å²) in [5, 5.41) is 6.55. The summed E-state index contributed by atoms with van der Waals surface area (Å²) in [7, 11) is 0. The Kier molecular flexibility index (Phi) is 4.37. The SMILES string of the molecule is Cc1noc(COC2CN(C(=O)CC3CCCC(=O)N3)C2)n1. The van der Waals surface area contributed by atoms with Gasteiger partial charge < -0.3 is 19.5 Å². The van der Waals surface area contributed by atoms with Gasteiger partial charge in [0, 0.05) is 32.0 Å². The number of aromatic nitrogens is 2. The number of ether oxygens (including phenoxy) is 1. The standard InChI is InChI=1S/C14H20N4O4/c1-9-15-13(22-17-9)8-21-11-6-18(7-11)14(20)5-10-3-2-4-12(19)16-10/h10-11H,2-8H2,1H3,(H,16,19). The number of nitrogens with zero attached hydrogens (tertiary/aromatic N) is 3. The van der Waals surface area contributed by atoms with Crippen LogP contribution in [0.25, 0.3) is 0 Å². The summed E-state index contributed by atoms with van der Waals surface area (Å²) in [5.74, 6) is 1.15. The van der Waals surface area contributed by atoms with Gasteiger partial charge in [0.2, 0.25) is 11.8 Å². The number of hydrogen-bond acceptors (Lipinski definition) is 6. The molecule has 0 radical (unpaired) electrons. The third kappa shape index (κ3) is 3.62. The van der Waals surface area contributed by atoms with Crippen LogP contribution < -0.4 is 5.32 Å². The smallest absolute Gasteiger partial charge is 0.252 e. The third-order valence-electron chi connectivity index (χ3n) is 3.96. The Balaban J connectivity index is 1.35. The quantitative estimate of drug-likeness (QED) is 0.832. The van der Waals surface area contributed by atoms with Crippen LogP contribution in [0.2, 0.25) is 0 Å². The number of aryl methyl sites for hydroxylation is 1. The van der Waals surface area contributed by atoms with E-state index in [1.165, 1.54) is 0 Å². The van der Waals surface area contributed by atoms with Crippen LogP contribution in [-0.2, 0) is 20.9 Å². The van der Waals surface area contributed by atoms with Gasteiger partial charge in [0.1, 0.15) is 6.61 Å². The van der Waals surface area contributed by atoms with Crippen LogP contribution in [0.3, 0.4) is 0 Å². The average Bonchev–Trinajstić information content (AvgIpc) is 2.82. The monoisotopic (exact) mass is 308 g/mol. The predicted molar refractivity (Wildman–Crippen MR) is 74.6 cm³/mol. The first-order chi connectivity index (χ1) is 10.6. The summed E-state index contributed by atoms with van der Waals surface area (Å²) < 4.78 is 10.6. The fraction of sp³-hybridized carbons (Fsp3) is 0.714. The highest BCUT2D eigenvalue weighted by Crippen LogP contribution is 2.18. The van der Waals surface area contributed by atoms with Crippen molar-refractivity contribution < 1.29 is 18.8 Å². The van der Waals surface area contributed by atoms with Gasteiger partial charge >= 0.3 is 0 Å². The lowest BCUT2D eigenvalue weighted by atomic mass is 10.00. The van der Waals surface area contributed by atoms with Gasteiger partial charge in [-0.2, -0.15) is 4.98 Å². The summed E-state index contributed by atoms with van der Waals surface area (Å²) in [4.78, 5) is 29.2. The molecule has 1 atom stereocenters. The van der Waals surface area contributed by atoms with E-state index in [1.54, 1.807) is 11.8 Å². The number of likely N-dealkylation sites (tertiary alicyclic amines) is 1. The zero-order valence-corrected chi connectivity index (χ0v) is 12.6. The second kappa shape index (κ2) is 6.43. The van der Waals surface area contributed by atoms with E-state index >= 15 is 0 Å². The van der Waals surface area contributed by atoms with Crippen molar-refractivity contribution in [3.05, 3.63) is 11.7 Å². The maximum absolute atomic E-state index is 12.1. The van der Waals surface area contributed by atoms with Crippen LogP contribution >= 0.6 is 0 Å². The van der Waals surface area contributed by atoms with E-state index in [2.05, 4.69) is 15.5 Å². The van der Waals surface area contributed by atoms with E-state index < -0.39 is 0 Å². The first-order valence-electron chi connectivity index (χ1n) is 7.58. The van der Waals surface area contributed by atoms with Gasteiger partial charge in [0.05, 0.1) is 6.10 Å². The van der Waals surface area contributed by atoms with E-state index in [-0.39, 0.29) is 30.6 Å². The molecule has 0 aromatic carbocycles. The van der Waals surface area contributed by atoms with Crippen LogP contribution in [-0.4, -0.2) is 52.1 Å². The van der Waals surface area contributed by atoms with Crippen molar-refractivity contribution in [3.63, 3.8) is 0 Å². The van der Waals surface area contributed by atoms with Crippen molar-refractivity contribution in [2.45, 2.75) is 51.4 Å². The number of carbonyl (C=O) groups excluding carboxylic acids is 2. The van der Waals surface area contributed by atoms with Gasteiger partial charge in [0.15, 0.2) is 5.82 Å².